The Hall–Kier alpha value is -1.91. The fraction of sp³-hybridized carbons (Fsp3) is 0.294. The summed E-state index contributed by atoms with van der Waals surface area (Å²) >= 11 is 0. The molecule has 0 saturated carbocycles. The summed E-state index contributed by atoms with van der Waals surface area (Å²) in [6.07, 6.45) is 1.66. The lowest BCUT2D eigenvalue weighted by Gasteiger charge is -2.01. The third-order valence-electron chi connectivity index (χ3n) is 2.89. The lowest BCUT2D eigenvalue weighted by molar-refractivity contribution is 0.414. The highest BCUT2D eigenvalue weighted by atomic mass is 19.1. The van der Waals surface area contributed by atoms with Gasteiger partial charge < -0.3 is 16.2 Å². The quantitative estimate of drug-likeness (QED) is 0.889. The molecule has 4 N–H and O–H groups in total. The molecule has 0 aliphatic heterocycles. The van der Waals surface area contributed by atoms with Crippen molar-refractivity contribution in [2.45, 2.75) is 12.8 Å². The van der Waals surface area contributed by atoms with Gasteiger partial charge >= 0.3 is 0 Å². The van der Waals surface area contributed by atoms with E-state index in [9.17, 15) is 4.39 Å². The van der Waals surface area contributed by atoms with Crippen LogP contribution in [-0.4, -0.2) is 20.2 Å². The summed E-state index contributed by atoms with van der Waals surface area (Å²) in [5, 5.41) is 0. The van der Waals surface area contributed by atoms with E-state index >= 15 is 0 Å². The van der Waals surface area contributed by atoms with Crippen LogP contribution in [-0.2, 0) is 12.8 Å². The second kappa shape index (κ2) is 9.91. The third kappa shape index (κ3) is 6.88. The van der Waals surface area contributed by atoms with Gasteiger partial charge in [-0.2, -0.15) is 0 Å². The van der Waals surface area contributed by atoms with E-state index in [0.29, 0.717) is 13.1 Å². The van der Waals surface area contributed by atoms with Crippen molar-refractivity contribution in [2.75, 3.05) is 20.2 Å². The van der Waals surface area contributed by atoms with Crippen molar-refractivity contribution in [3.05, 3.63) is 65.5 Å². The van der Waals surface area contributed by atoms with Crippen molar-refractivity contribution in [3.63, 3.8) is 0 Å². The van der Waals surface area contributed by atoms with Crippen LogP contribution in [0.25, 0.3) is 0 Å². The number of nitrogens with two attached hydrogens (primary N) is 2. The Labute approximate surface area is 125 Å². The molecule has 0 unspecified atom stereocenters. The van der Waals surface area contributed by atoms with Crippen LogP contribution in [0.1, 0.15) is 11.1 Å². The van der Waals surface area contributed by atoms with Crippen LogP contribution in [0.4, 0.5) is 4.39 Å². The molecule has 4 heteroatoms. The molecule has 0 amide bonds. The molecule has 0 atom stereocenters. The topological polar surface area (TPSA) is 61.3 Å². The van der Waals surface area contributed by atoms with Crippen LogP contribution in [0.3, 0.4) is 0 Å². The average molecular weight is 290 g/mol. The molecular weight excluding hydrogens is 267 g/mol. The fourth-order valence-corrected chi connectivity index (χ4v) is 1.85. The number of hydrogen-bond donors (Lipinski definition) is 2. The van der Waals surface area contributed by atoms with E-state index < -0.39 is 0 Å². The second-order valence-corrected chi connectivity index (χ2v) is 4.56. The monoisotopic (exact) mass is 290 g/mol. The van der Waals surface area contributed by atoms with Crippen LogP contribution in [0.5, 0.6) is 5.75 Å². The maximum atomic E-state index is 12.4. The van der Waals surface area contributed by atoms with Crippen LogP contribution < -0.4 is 16.2 Å². The van der Waals surface area contributed by atoms with Crippen LogP contribution in [0.15, 0.2) is 48.5 Å². The molecule has 3 nitrogen and oxygen atoms in total. The van der Waals surface area contributed by atoms with Gasteiger partial charge in [-0.25, -0.2) is 4.39 Å². The van der Waals surface area contributed by atoms with Gasteiger partial charge in [-0.15, -0.1) is 0 Å². The van der Waals surface area contributed by atoms with E-state index in [1.165, 1.54) is 17.7 Å². The molecule has 0 radical (unpaired) electrons. The average Bonchev–Trinajstić information content (AvgIpc) is 2.49. The third-order valence-corrected chi connectivity index (χ3v) is 2.89. The van der Waals surface area contributed by atoms with Gasteiger partial charge in [0.05, 0.1) is 7.11 Å². The second-order valence-electron chi connectivity index (χ2n) is 4.56. The zero-order chi connectivity index (χ0) is 15.5. The fourth-order valence-electron chi connectivity index (χ4n) is 1.85. The van der Waals surface area contributed by atoms with Crippen molar-refractivity contribution in [1.82, 2.24) is 0 Å². The summed E-state index contributed by atoms with van der Waals surface area (Å²) in [5.41, 5.74) is 12.9. The van der Waals surface area contributed by atoms with Gasteiger partial charge in [0, 0.05) is 0 Å². The molecular formula is C17H23FN2O. The van der Waals surface area contributed by atoms with Gasteiger partial charge in [0.15, 0.2) is 0 Å². The Balaban J connectivity index is 0.000000211. The predicted octanol–water partition coefficient (Wildman–Crippen LogP) is 2.52. The highest BCUT2D eigenvalue weighted by molar-refractivity contribution is 5.28. The first-order valence-electron chi connectivity index (χ1n) is 6.97. The molecule has 0 heterocycles. The molecule has 0 saturated heterocycles. The van der Waals surface area contributed by atoms with E-state index in [1.54, 1.807) is 13.2 Å². The minimum Gasteiger partial charge on any atom is -0.497 e. The molecule has 2 aromatic rings. The van der Waals surface area contributed by atoms with Crippen LogP contribution >= 0.6 is 0 Å². The van der Waals surface area contributed by atoms with Crippen molar-refractivity contribution < 1.29 is 9.13 Å². The first kappa shape index (κ1) is 17.1. The summed E-state index contributed by atoms with van der Waals surface area (Å²) in [4.78, 5) is 0. The van der Waals surface area contributed by atoms with E-state index in [-0.39, 0.29) is 5.82 Å². The van der Waals surface area contributed by atoms with E-state index in [1.807, 2.05) is 24.3 Å². The minimum absolute atomic E-state index is 0.189. The molecule has 114 valence electrons. The first-order valence-corrected chi connectivity index (χ1v) is 6.97. The van der Waals surface area contributed by atoms with Gasteiger partial charge in [0.1, 0.15) is 11.6 Å². The Kier molecular flexibility index (Phi) is 8.09. The predicted molar refractivity (Wildman–Crippen MR) is 84.9 cm³/mol. The minimum atomic E-state index is -0.189. The Morgan fingerprint density at radius 1 is 0.905 bits per heavy atom. The smallest absolute Gasteiger partial charge is 0.123 e. The highest BCUT2D eigenvalue weighted by Crippen LogP contribution is 2.12. The van der Waals surface area contributed by atoms with Gasteiger partial charge in [0.2, 0.25) is 0 Å². The SMILES string of the molecule is COc1cccc(CCN)c1.NCCc1cccc(F)c1. The van der Waals surface area contributed by atoms with Crippen molar-refractivity contribution >= 4 is 0 Å². The van der Waals surface area contributed by atoms with E-state index in [4.69, 9.17) is 16.2 Å². The number of benzene rings is 2. The molecule has 0 bridgehead atoms. The number of halogens is 1. The lowest BCUT2D eigenvalue weighted by Crippen LogP contribution is -2.02. The summed E-state index contributed by atoms with van der Waals surface area (Å²) < 4.78 is 17.5. The Morgan fingerprint density at radius 2 is 1.48 bits per heavy atom. The normalized spacial score (nSPS) is 9.71. The number of ether oxygens (including phenoxy) is 1. The number of rotatable bonds is 5. The molecule has 0 aliphatic rings. The van der Waals surface area contributed by atoms with Crippen LogP contribution in [0, 0.1) is 5.82 Å². The van der Waals surface area contributed by atoms with Crippen molar-refractivity contribution in [2.24, 2.45) is 11.5 Å². The molecule has 0 aliphatic carbocycles. The Bertz CT molecular complexity index is 532. The highest BCUT2D eigenvalue weighted by Gasteiger charge is 1.93. The Morgan fingerprint density at radius 3 is 2.00 bits per heavy atom. The van der Waals surface area contributed by atoms with Crippen molar-refractivity contribution in [3.8, 4) is 5.75 Å². The summed E-state index contributed by atoms with van der Waals surface area (Å²) in [5.74, 6) is 0.710. The standard InChI is InChI=1S/C9H13NO.C8H10FN/c1-11-9-4-2-3-8(7-9)5-6-10;9-8-3-1-2-7(6-8)4-5-10/h2-4,7H,5-6,10H2,1H3;1-3,6H,4-5,10H2. The van der Waals surface area contributed by atoms with Crippen LogP contribution in [0.2, 0.25) is 0 Å². The molecule has 21 heavy (non-hydrogen) atoms. The number of hydrogen-bond acceptors (Lipinski definition) is 3. The first-order chi connectivity index (χ1) is 10.2. The summed E-state index contributed by atoms with van der Waals surface area (Å²) in [6.45, 7) is 1.26. The summed E-state index contributed by atoms with van der Waals surface area (Å²) in [6, 6.07) is 14.5. The van der Waals surface area contributed by atoms with Gasteiger partial charge in [-0.05, 0) is 61.3 Å². The van der Waals surface area contributed by atoms with Gasteiger partial charge in [-0.1, -0.05) is 24.3 Å². The zero-order valence-corrected chi connectivity index (χ0v) is 12.4. The van der Waals surface area contributed by atoms with E-state index in [2.05, 4.69) is 6.07 Å². The molecule has 2 rings (SSSR count). The molecule has 0 fully saturated rings. The largest absolute Gasteiger partial charge is 0.497 e. The van der Waals surface area contributed by atoms with Crippen molar-refractivity contribution in [1.29, 1.82) is 0 Å². The van der Waals surface area contributed by atoms with Gasteiger partial charge in [0.25, 0.3) is 0 Å². The number of methoxy groups -OCH3 is 1. The van der Waals surface area contributed by atoms with E-state index in [0.717, 1.165) is 24.2 Å². The maximum Gasteiger partial charge on any atom is 0.123 e. The summed E-state index contributed by atoms with van der Waals surface area (Å²) in [7, 11) is 1.67. The molecule has 0 spiro atoms. The molecule has 2 aromatic carbocycles. The van der Waals surface area contributed by atoms with Gasteiger partial charge in [-0.3, -0.25) is 0 Å². The molecule has 0 aromatic heterocycles. The lowest BCUT2D eigenvalue weighted by atomic mass is 10.1. The maximum absolute atomic E-state index is 12.4. The zero-order valence-electron chi connectivity index (χ0n) is 12.4.